The lowest BCUT2D eigenvalue weighted by atomic mass is 10.2. The second-order valence-corrected chi connectivity index (χ2v) is 6.38. The first-order valence-corrected chi connectivity index (χ1v) is 8.59. The Morgan fingerprint density at radius 2 is 1.84 bits per heavy atom. The molecule has 1 aliphatic rings. The zero-order valence-corrected chi connectivity index (χ0v) is 14.5. The highest BCUT2D eigenvalue weighted by Crippen LogP contribution is 2.19. The smallest absolute Gasteiger partial charge is 0.226 e. The summed E-state index contributed by atoms with van der Waals surface area (Å²) in [5.41, 5.74) is 2.57. The van der Waals surface area contributed by atoms with Gasteiger partial charge in [-0.25, -0.2) is 0 Å². The van der Waals surface area contributed by atoms with Crippen molar-refractivity contribution in [2.75, 3.05) is 43.4 Å². The topological polar surface area (TPSA) is 57.6 Å². The minimum atomic E-state index is -0.0575. The number of anilines is 2. The van der Waals surface area contributed by atoms with Gasteiger partial charge in [-0.2, -0.15) is 0 Å². The molecule has 0 saturated carbocycles. The number of piperazine rings is 1. The molecular formula is C19H24N4O2. The maximum absolute atomic E-state index is 12.1. The summed E-state index contributed by atoms with van der Waals surface area (Å²) >= 11 is 0. The van der Waals surface area contributed by atoms with Crippen LogP contribution in [0.25, 0.3) is 0 Å². The minimum Gasteiger partial charge on any atom is -0.369 e. The fourth-order valence-electron chi connectivity index (χ4n) is 3.00. The first-order chi connectivity index (χ1) is 12.2. The molecule has 3 rings (SSSR count). The van der Waals surface area contributed by atoms with E-state index in [1.54, 1.807) is 16.7 Å². The molecule has 6 heteroatoms. The summed E-state index contributed by atoms with van der Waals surface area (Å²) in [6.45, 7) is 4.68. The van der Waals surface area contributed by atoms with Crippen LogP contribution in [0.3, 0.4) is 0 Å². The van der Waals surface area contributed by atoms with E-state index in [-0.39, 0.29) is 5.91 Å². The molecule has 6 nitrogen and oxygen atoms in total. The molecule has 1 amide bonds. The number of aldehydes is 1. The number of likely N-dealkylation sites (N-methyl/N-ethyl adjacent to an activating group) is 1. The van der Waals surface area contributed by atoms with Gasteiger partial charge in [0.2, 0.25) is 5.91 Å². The van der Waals surface area contributed by atoms with Crippen LogP contribution in [0.1, 0.15) is 16.9 Å². The summed E-state index contributed by atoms with van der Waals surface area (Å²) < 4.78 is 1.78. The van der Waals surface area contributed by atoms with Crippen LogP contribution in [0, 0.1) is 0 Å². The Kier molecular flexibility index (Phi) is 5.50. The second-order valence-electron chi connectivity index (χ2n) is 6.38. The highest BCUT2D eigenvalue weighted by atomic mass is 16.1. The van der Waals surface area contributed by atoms with E-state index in [1.165, 1.54) is 5.69 Å². The molecule has 1 fully saturated rings. The van der Waals surface area contributed by atoms with Crippen molar-refractivity contribution in [3.8, 4) is 0 Å². The molecular weight excluding hydrogens is 316 g/mol. The Morgan fingerprint density at radius 1 is 1.12 bits per heavy atom. The number of rotatable bonds is 6. The molecule has 1 aromatic carbocycles. The average molecular weight is 340 g/mol. The van der Waals surface area contributed by atoms with Crippen molar-refractivity contribution < 1.29 is 9.59 Å². The molecule has 1 aliphatic heterocycles. The van der Waals surface area contributed by atoms with Crippen LogP contribution in [-0.2, 0) is 11.3 Å². The summed E-state index contributed by atoms with van der Waals surface area (Å²) in [5, 5.41) is 2.91. The fraction of sp³-hybridized carbons (Fsp3) is 0.368. The van der Waals surface area contributed by atoms with E-state index < -0.39 is 0 Å². The Labute approximate surface area is 148 Å². The van der Waals surface area contributed by atoms with Crippen LogP contribution < -0.4 is 10.2 Å². The van der Waals surface area contributed by atoms with Crippen molar-refractivity contribution in [2.45, 2.75) is 13.0 Å². The second kappa shape index (κ2) is 7.98. The van der Waals surface area contributed by atoms with Gasteiger partial charge in [-0.3, -0.25) is 9.59 Å². The van der Waals surface area contributed by atoms with Gasteiger partial charge in [0.05, 0.1) is 5.69 Å². The molecule has 0 bridgehead atoms. The zero-order chi connectivity index (χ0) is 17.6. The van der Waals surface area contributed by atoms with Gasteiger partial charge in [-0.05, 0) is 43.4 Å². The molecule has 0 radical (unpaired) electrons. The molecule has 1 aromatic heterocycles. The number of benzene rings is 1. The van der Waals surface area contributed by atoms with Gasteiger partial charge in [0, 0.05) is 56.7 Å². The highest BCUT2D eigenvalue weighted by Gasteiger charge is 2.14. The molecule has 25 heavy (non-hydrogen) atoms. The third-order valence-corrected chi connectivity index (χ3v) is 4.58. The molecule has 0 aliphatic carbocycles. The van der Waals surface area contributed by atoms with E-state index in [9.17, 15) is 9.59 Å². The van der Waals surface area contributed by atoms with Crippen LogP contribution >= 0.6 is 0 Å². The molecule has 132 valence electrons. The normalized spacial score (nSPS) is 15.2. The lowest BCUT2D eigenvalue weighted by molar-refractivity contribution is -0.116. The van der Waals surface area contributed by atoms with Gasteiger partial charge in [0.25, 0.3) is 0 Å². The van der Waals surface area contributed by atoms with Crippen LogP contribution in [-0.4, -0.2) is 54.9 Å². The monoisotopic (exact) mass is 340 g/mol. The summed E-state index contributed by atoms with van der Waals surface area (Å²) in [6.07, 6.45) is 2.94. The van der Waals surface area contributed by atoms with E-state index in [1.807, 2.05) is 18.3 Å². The lowest BCUT2D eigenvalue weighted by Crippen LogP contribution is -2.44. The van der Waals surface area contributed by atoms with E-state index >= 15 is 0 Å². The van der Waals surface area contributed by atoms with Crippen molar-refractivity contribution in [1.82, 2.24) is 9.47 Å². The van der Waals surface area contributed by atoms with Crippen molar-refractivity contribution >= 4 is 23.6 Å². The standard InChI is InChI=1S/C19H24N4O2/c1-21-11-13-23(14-12-21)17-6-4-16(5-7-17)20-19(25)8-10-22-9-2-3-18(22)15-24/h2-7,9,15H,8,10-14H2,1H3,(H,20,25). The predicted octanol–water partition coefficient (Wildman–Crippen LogP) is 2.08. The van der Waals surface area contributed by atoms with Gasteiger partial charge in [-0.1, -0.05) is 0 Å². The number of nitrogens with zero attached hydrogens (tertiary/aromatic N) is 3. The SMILES string of the molecule is CN1CCN(c2ccc(NC(=O)CCn3cccc3C=O)cc2)CC1. The van der Waals surface area contributed by atoms with E-state index in [0.29, 0.717) is 18.7 Å². The number of hydrogen-bond donors (Lipinski definition) is 1. The van der Waals surface area contributed by atoms with Gasteiger partial charge in [0.15, 0.2) is 6.29 Å². The summed E-state index contributed by atoms with van der Waals surface area (Å²) in [4.78, 5) is 27.7. The van der Waals surface area contributed by atoms with Crippen LogP contribution in [0.5, 0.6) is 0 Å². The molecule has 0 spiro atoms. The van der Waals surface area contributed by atoms with Crippen LogP contribution in [0.15, 0.2) is 42.6 Å². The van der Waals surface area contributed by atoms with Gasteiger partial charge in [0.1, 0.15) is 0 Å². The Hall–Kier alpha value is -2.60. The Morgan fingerprint density at radius 3 is 2.52 bits per heavy atom. The van der Waals surface area contributed by atoms with E-state index in [0.717, 1.165) is 38.2 Å². The number of carbonyl (C=O) groups is 2. The minimum absolute atomic E-state index is 0.0575. The number of carbonyl (C=O) groups excluding carboxylic acids is 2. The van der Waals surface area contributed by atoms with Gasteiger partial charge >= 0.3 is 0 Å². The number of nitrogens with one attached hydrogen (secondary N) is 1. The first-order valence-electron chi connectivity index (χ1n) is 8.59. The largest absolute Gasteiger partial charge is 0.369 e. The first kappa shape index (κ1) is 17.2. The average Bonchev–Trinajstić information content (AvgIpc) is 3.09. The third kappa shape index (κ3) is 4.48. The maximum Gasteiger partial charge on any atom is 0.226 e. The number of aryl methyl sites for hydroxylation is 1. The van der Waals surface area contributed by atoms with Crippen LogP contribution in [0.4, 0.5) is 11.4 Å². The van der Waals surface area contributed by atoms with Crippen molar-refractivity contribution in [2.24, 2.45) is 0 Å². The Balaban J connectivity index is 1.51. The lowest BCUT2D eigenvalue weighted by Gasteiger charge is -2.34. The van der Waals surface area contributed by atoms with Gasteiger partial charge in [-0.15, -0.1) is 0 Å². The summed E-state index contributed by atoms with van der Waals surface area (Å²) in [5.74, 6) is -0.0575. The van der Waals surface area contributed by atoms with Crippen molar-refractivity contribution in [3.05, 3.63) is 48.3 Å². The quantitative estimate of drug-likeness (QED) is 0.818. The van der Waals surface area contributed by atoms with Crippen molar-refractivity contribution in [1.29, 1.82) is 0 Å². The van der Waals surface area contributed by atoms with E-state index in [4.69, 9.17) is 0 Å². The molecule has 0 unspecified atom stereocenters. The number of hydrogen-bond acceptors (Lipinski definition) is 4. The van der Waals surface area contributed by atoms with Crippen LogP contribution in [0.2, 0.25) is 0 Å². The van der Waals surface area contributed by atoms with Crippen molar-refractivity contribution in [3.63, 3.8) is 0 Å². The molecule has 1 saturated heterocycles. The molecule has 2 heterocycles. The fourth-order valence-corrected chi connectivity index (χ4v) is 3.00. The maximum atomic E-state index is 12.1. The highest BCUT2D eigenvalue weighted by molar-refractivity contribution is 5.90. The summed E-state index contributed by atoms with van der Waals surface area (Å²) in [7, 11) is 2.14. The number of aromatic nitrogens is 1. The van der Waals surface area contributed by atoms with Gasteiger partial charge < -0.3 is 19.7 Å². The molecule has 2 aromatic rings. The zero-order valence-electron chi connectivity index (χ0n) is 14.5. The Bertz CT molecular complexity index is 715. The third-order valence-electron chi connectivity index (χ3n) is 4.58. The summed E-state index contributed by atoms with van der Waals surface area (Å²) in [6, 6.07) is 11.5. The predicted molar refractivity (Wildman–Crippen MR) is 99.2 cm³/mol. The van der Waals surface area contributed by atoms with E-state index in [2.05, 4.69) is 34.3 Å². The molecule has 0 atom stereocenters. The number of amides is 1. The molecule has 1 N–H and O–H groups in total.